The summed E-state index contributed by atoms with van der Waals surface area (Å²) in [6.45, 7) is 0.0613. The van der Waals surface area contributed by atoms with Gasteiger partial charge < -0.3 is 5.32 Å². The summed E-state index contributed by atoms with van der Waals surface area (Å²) < 4.78 is 59.5. The number of nitrogens with one attached hydrogen (secondary N) is 1. The summed E-state index contributed by atoms with van der Waals surface area (Å²) in [6, 6.07) is 0.406. The Morgan fingerprint density at radius 2 is 1.50 bits per heavy atom. The number of nitrogens with zero attached hydrogens (tertiary/aromatic N) is 1. The van der Waals surface area contributed by atoms with E-state index in [2.05, 4.69) is 5.32 Å². The van der Waals surface area contributed by atoms with E-state index in [9.17, 15) is 21.6 Å². The predicted molar refractivity (Wildman–Crippen MR) is 70.3 cm³/mol. The number of halogens is 3. The van der Waals surface area contributed by atoms with Crippen LogP contribution in [0, 0.1) is 0 Å². The molecule has 8 heteroatoms. The van der Waals surface area contributed by atoms with Gasteiger partial charge in [-0.2, -0.15) is 13.2 Å². The van der Waals surface area contributed by atoms with Gasteiger partial charge in [-0.25, -0.2) is 8.42 Å². The predicted octanol–water partition coefficient (Wildman–Crippen LogP) is 1.18. The minimum atomic E-state index is -4.13. The first-order valence-electron chi connectivity index (χ1n) is 6.99. The highest BCUT2D eigenvalue weighted by molar-refractivity contribution is 7.91. The lowest BCUT2D eigenvalue weighted by molar-refractivity contribution is -0.148. The summed E-state index contributed by atoms with van der Waals surface area (Å²) in [5.74, 6) is 0.440. The number of piperidine rings is 1. The molecule has 0 unspecified atom stereocenters. The molecule has 1 N–H and O–H groups in total. The first-order chi connectivity index (χ1) is 9.23. The standard InChI is InChI=1S/C12H21F3N2O2S/c13-12(14,15)9-17-5-1-10(2-6-17)16-11-3-7-20(18,19)8-4-11/h10-11,16H,1-9H2. The van der Waals surface area contributed by atoms with Crippen molar-refractivity contribution in [3.05, 3.63) is 0 Å². The Labute approximate surface area is 117 Å². The highest BCUT2D eigenvalue weighted by Gasteiger charge is 2.33. The third-order valence-corrected chi connectivity index (χ3v) is 5.73. The van der Waals surface area contributed by atoms with Crippen LogP contribution in [0.3, 0.4) is 0 Å². The number of sulfone groups is 1. The molecule has 2 fully saturated rings. The van der Waals surface area contributed by atoms with Crippen LogP contribution in [0.1, 0.15) is 25.7 Å². The van der Waals surface area contributed by atoms with E-state index in [0.717, 1.165) is 0 Å². The highest BCUT2D eigenvalue weighted by atomic mass is 32.2. The summed E-state index contributed by atoms with van der Waals surface area (Å²) >= 11 is 0. The molecule has 2 aliphatic heterocycles. The maximum atomic E-state index is 12.3. The molecule has 0 aromatic rings. The first kappa shape index (κ1) is 16.0. The lowest BCUT2D eigenvalue weighted by Gasteiger charge is -2.35. The van der Waals surface area contributed by atoms with Crippen LogP contribution >= 0.6 is 0 Å². The molecule has 2 saturated heterocycles. The van der Waals surface area contributed by atoms with Crippen LogP contribution < -0.4 is 5.32 Å². The van der Waals surface area contributed by atoms with Crippen LogP contribution in [0.4, 0.5) is 13.2 Å². The summed E-state index contributed by atoms with van der Waals surface area (Å²) in [6.07, 6.45) is -1.51. The van der Waals surface area contributed by atoms with Gasteiger partial charge in [-0.05, 0) is 38.8 Å². The molecule has 0 aliphatic carbocycles. The SMILES string of the molecule is O=S1(=O)CCC(NC2CCN(CC(F)(F)F)CC2)CC1. The molecule has 0 radical (unpaired) electrons. The largest absolute Gasteiger partial charge is 0.401 e. The Morgan fingerprint density at radius 1 is 1.00 bits per heavy atom. The topological polar surface area (TPSA) is 49.4 Å². The van der Waals surface area contributed by atoms with E-state index in [4.69, 9.17) is 0 Å². The number of hydrogen-bond acceptors (Lipinski definition) is 4. The number of hydrogen-bond donors (Lipinski definition) is 1. The number of alkyl halides is 3. The van der Waals surface area contributed by atoms with Gasteiger partial charge in [0.2, 0.25) is 0 Å². The van der Waals surface area contributed by atoms with Gasteiger partial charge >= 0.3 is 6.18 Å². The summed E-state index contributed by atoms with van der Waals surface area (Å²) in [5.41, 5.74) is 0. The van der Waals surface area contributed by atoms with Crippen molar-refractivity contribution in [3.8, 4) is 0 Å². The molecule has 0 spiro atoms. The zero-order valence-corrected chi connectivity index (χ0v) is 12.1. The smallest absolute Gasteiger partial charge is 0.311 e. The van der Waals surface area contributed by atoms with E-state index in [1.165, 1.54) is 4.90 Å². The van der Waals surface area contributed by atoms with Gasteiger partial charge in [0.1, 0.15) is 9.84 Å². The molecule has 2 aliphatic rings. The van der Waals surface area contributed by atoms with Gasteiger partial charge in [0.05, 0.1) is 18.1 Å². The molecule has 20 heavy (non-hydrogen) atoms. The third kappa shape index (κ3) is 5.21. The molecule has 2 heterocycles. The summed E-state index contributed by atoms with van der Waals surface area (Å²) in [7, 11) is -2.86. The van der Waals surface area contributed by atoms with Crippen molar-refractivity contribution < 1.29 is 21.6 Å². The fourth-order valence-electron chi connectivity index (χ4n) is 2.90. The lowest BCUT2D eigenvalue weighted by Crippen LogP contribution is -2.49. The Kier molecular flexibility index (Phi) is 4.96. The quantitative estimate of drug-likeness (QED) is 0.850. The monoisotopic (exact) mass is 314 g/mol. The molecule has 0 amide bonds. The van der Waals surface area contributed by atoms with Gasteiger partial charge in [-0.1, -0.05) is 0 Å². The van der Waals surface area contributed by atoms with Crippen molar-refractivity contribution in [1.82, 2.24) is 10.2 Å². The fourth-order valence-corrected chi connectivity index (χ4v) is 4.39. The van der Waals surface area contributed by atoms with Crippen molar-refractivity contribution in [2.45, 2.75) is 43.9 Å². The van der Waals surface area contributed by atoms with E-state index in [1.807, 2.05) is 0 Å². The molecule has 0 saturated carbocycles. The molecule has 2 rings (SSSR count). The molecule has 0 aromatic heterocycles. The maximum Gasteiger partial charge on any atom is 0.401 e. The van der Waals surface area contributed by atoms with Crippen molar-refractivity contribution >= 4 is 9.84 Å². The van der Waals surface area contributed by atoms with Crippen LogP contribution in [0.15, 0.2) is 0 Å². The van der Waals surface area contributed by atoms with E-state index in [0.29, 0.717) is 38.8 Å². The second-order valence-corrected chi connectivity index (χ2v) is 8.06. The van der Waals surface area contributed by atoms with Gasteiger partial charge in [0.25, 0.3) is 0 Å². The molecule has 4 nitrogen and oxygen atoms in total. The third-order valence-electron chi connectivity index (χ3n) is 4.02. The van der Waals surface area contributed by atoms with Gasteiger partial charge in [-0.3, -0.25) is 4.90 Å². The lowest BCUT2D eigenvalue weighted by atomic mass is 10.0. The van der Waals surface area contributed by atoms with Gasteiger partial charge in [0, 0.05) is 12.1 Å². The maximum absolute atomic E-state index is 12.3. The summed E-state index contributed by atoms with van der Waals surface area (Å²) in [5, 5.41) is 3.41. The molecule has 0 atom stereocenters. The van der Waals surface area contributed by atoms with Crippen molar-refractivity contribution in [2.75, 3.05) is 31.1 Å². The molecular weight excluding hydrogens is 293 g/mol. The number of rotatable bonds is 3. The fraction of sp³-hybridized carbons (Fsp3) is 1.00. The Bertz CT molecular complexity index is 403. The van der Waals surface area contributed by atoms with Gasteiger partial charge in [-0.15, -0.1) is 0 Å². The normalized spacial score (nSPS) is 26.8. The van der Waals surface area contributed by atoms with Crippen LogP contribution in [0.5, 0.6) is 0 Å². The van der Waals surface area contributed by atoms with Crippen LogP contribution in [-0.2, 0) is 9.84 Å². The zero-order chi connectivity index (χ0) is 14.8. The second kappa shape index (κ2) is 6.19. The van der Waals surface area contributed by atoms with E-state index < -0.39 is 22.6 Å². The van der Waals surface area contributed by atoms with Crippen molar-refractivity contribution in [3.63, 3.8) is 0 Å². The first-order valence-corrected chi connectivity index (χ1v) is 8.81. The van der Waals surface area contributed by atoms with Crippen LogP contribution in [0.25, 0.3) is 0 Å². The Balaban J connectivity index is 1.70. The molecule has 0 aromatic carbocycles. The minimum Gasteiger partial charge on any atom is -0.311 e. The highest BCUT2D eigenvalue weighted by Crippen LogP contribution is 2.21. The van der Waals surface area contributed by atoms with E-state index >= 15 is 0 Å². The van der Waals surface area contributed by atoms with E-state index in [1.54, 1.807) is 0 Å². The Hall–Kier alpha value is -0.340. The molecule has 0 bridgehead atoms. The van der Waals surface area contributed by atoms with E-state index in [-0.39, 0.29) is 23.6 Å². The molecule has 118 valence electrons. The van der Waals surface area contributed by atoms with Gasteiger partial charge in [0.15, 0.2) is 0 Å². The van der Waals surface area contributed by atoms with Crippen LogP contribution in [-0.4, -0.2) is 62.7 Å². The summed E-state index contributed by atoms with van der Waals surface area (Å²) in [4.78, 5) is 1.43. The second-order valence-electron chi connectivity index (χ2n) is 5.76. The minimum absolute atomic E-state index is 0.192. The average Bonchev–Trinajstić information content (AvgIpc) is 2.32. The van der Waals surface area contributed by atoms with Crippen LogP contribution in [0.2, 0.25) is 0 Å². The van der Waals surface area contributed by atoms with Crippen molar-refractivity contribution in [2.24, 2.45) is 0 Å². The number of likely N-dealkylation sites (tertiary alicyclic amines) is 1. The zero-order valence-electron chi connectivity index (χ0n) is 11.3. The van der Waals surface area contributed by atoms with Crippen molar-refractivity contribution in [1.29, 1.82) is 0 Å². The Morgan fingerprint density at radius 3 is 2.00 bits per heavy atom. The molecular formula is C12H21F3N2O2S. The average molecular weight is 314 g/mol.